The van der Waals surface area contributed by atoms with Gasteiger partial charge < -0.3 is 10.4 Å². The normalized spacial score (nSPS) is 11.6. The Morgan fingerprint density at radius 2 is 2.20 bits per heavy atom. The van der Waals surface area contributed by atoms with Crippen LogP contribution in [0, 0.1) is 15.9 Å². The number of nitro benzene ring substituents is 1. The number of aliphatic hydroxyl groups is 1. The molecule has 7 heteroatoms. The van der Waals surface area contributed by atoms with Crippen molar-refractivity contribution in [3.63, 3.8) is 0 Å². The number of carbonyl (C=O) groups excluding carboxylic acids is 1. The molecule has 1 rings (SSSR count). The first-order valence-electron chi connectivity index (χ1n) is 5.80. The summed E-state index contributed by atoms with van der Waals surface area (Å²) in [6.45, 7) is 3.00. The van der Waals surface area contributed by atoms with Crippen LogP contribution < -0.4 is 5.32 Å². The second-order valence-corrected chi connectivity index (χ2v) is 4.82. The first-order valence-corrected chi connectivity index (χ1v) is 5.80. The topological polar surface area (TPSA) is 92.5 Å². The van der Waals surface area contributed by atoms with Crippen molar-refractivity contribution in [2.75, 3.05) is 6.61 Å². The van der Waals surface area contributed by atoms with Crippen LogP contribution >= 0.6 is 0 Å². The zero-order valence-corrected chi connectivity index (χ0v) is 11.1. The summed E-state index contributed by atoms with van der Waals surface area (Å²) >= 11 is 0. The van der Waals surface area contributed by atoms with Crippen LogP contribution in [0.4, 0.5) is 10.1 Å². The molecule has 0 spiro atoms. The SMILES string of the molecule is CC(C)(CO)NC(=O)/C=C/c1ccc(F)cc1[N+](=O)[O-]. The van der Waals surface area contributed by atoms with E-state index < -0.39 is 27.9 Å². The molecule has 1 aromatic carbocycles. The third-order valence-corrected chi connectivity index (χ3v) is 2.46. The quantitative estimate of drug-likeness (QED) is 0.487. The van der Waals surface area contributed by atoms with Crippen molar-refractivity contribution in [2.24, 2.45) is 0 Å². The Bertz CT molecular complexity index is 555. The molecule has 0 radical (unpaired) electrons. The molecular formula is C13H15FN2O4. The van der Waals surface area contributed by atoms with E-state index >= 15 is 0 Å². The van der Waals surface area contributed by atoms with Gasteiger partial charge in [-0.3, -0.25) is 14.9 Å². The molecule has 0 aliphatic heterocycles. The van der Waals surface area contributed by atoms with Crippen LogP contribution in [0.3, 0.4) is 0 Å². The lowest BCUT2D eigenvalue weighted by molar-refractivity contribution is -0.385. The van der Waals surface area contributed by atoms with Gasteiger partial charge in [-0.1, -0.05) is 0 Å². The highest BCUT2D eigenvalue weighted by Gasteiger charge is 2.18. The van der Waals surface area contributed by atoms with Crippen molar-refractivity contribution >= 4 is 17.7 Å². The summed E-state index contributed by atoms with van der Waals surface area (Å²) in [5.74, 6) is -1.23. The Hall–Kier alpha value is -2.28. The van der Waals surface area contributed by atoms with E-state index in [0.717, 1.165) is 18.2 Å². The van der Waals surface area contributed by atoms with E-state index in [0.29, 0.717) is 0 Å². The minimum Gasteiger partial charge on any atom is -0.394 e. The number of nitrogens with one attached hydrogen (secondary N) is 1. The second kappa shape index (κ2) is 6.25. The van der Waals surface area contributed by atoms with Gasteiger partial charge in [-0.05, 0) is 32.1 Å². The highest BCUT2D eigenvalue weighted by Crippen LogP contribution is 2.21. The number of amides is 1. The summed E-state index contributed by atoms with van der Waals surface area (Å²) in [6, 6.07) is 3.08. The molecule has 1 aromatic rings. The molecule has 0 aromatic heterocycles. The Morgan fingerprint density at radius 1 is 1.55 bits per heavy atom. The van der Waals surface area contributed by atoms with Crippen molar-refractivity contribution in [2.45, 2.75) is 19.4 Å². The molecule has 0 aliphatic carbocycles. The average molecular weight is 282 g/mol. The smallest absolute Gasteiger partial charge is 0.279 e. The van der Waals surface area contributed by atoms with E-state index in [2.05, 4.69) is 5.32 Å². The monoisotopic (exact) mass is 282 g/mol. The van der Waals surface area contributed by atoms with Gasteiger partial charge >= 0.3 is 0 Å². The Balaban J connectivity index is 2.91. The molecule has 0 unspecified atom stereocenters. The molecule has 0 atom stereocenters. The minimum atomic E-state index is -0.795. The minimum absolute atomic E-state index is 0.119. The van der Waals surface area contributed by atoms with Gasteiger partial charge in [0, 0.05) is 6.08 Å². The van der Waals surface area contributed by atoms with Crippen molar-refractivity contribution in [3.05, 3.63) is 45.8 Å². The Kier molecular flexibility index (Phi) is 4.93. The third kappa shape index (κ3) is 4.43. The predicted octanol–water partition coefficient (Wildman–Crippen LogP) is 1.63. The lowest BCUT2D eigenvalue weighted by Crippen LogP contribution is -2.45. The van der Waals surface area contributed by atoms with Crippen molar-refractivity contribution in [1.82, 2.24) is 5.32 Å². The number of benzene rings is 1. The number of nitro groups is 1. The van der Waals surface area contributed by atoms with Gasteiger partial charge in [-0.25, -0.2) is 4.39 Å². The molecule has 108 valence electrons. The molecule has 0 saturated carbocycles. The van der Waals surface area contributed by atoms with Gasteiger partial charge in [0.1, 0.15) is 5.82 Å². The summed E-state index contributed by atoms with van der Waals surface area (Å²) < 4.78 is 12.9. The standard InChI is InChI=1S/C13H15FN2O4/c1-13(2,8-17)15-12(18)6-4-9-3-5-10(14)7-11(9)16(19)20/h3-7,17H,8H2,1-2H3,(H,15,18)/b6-4+. The van der Waals surface area contributed by atoms with Crippen LogP contribution in [0.25, 0.3) is 6.08 Å². The third-order valence-electron chi connectivity index (χ3n) is 2.46. The maximum Gasteiger partial charge on any atom is 0.279 e. The van der Waals surface area contributed by atoms with Crippen LogP contribution in [0.15, 0.2) is 24.3 Å². The number of carbonyl (C=O) groups is 1. The molecule has 0 bridgehead atoms. The predicted molar refractivity (Wildman–Crippen MR) is 71.4 cm³/mol. The fourth-order valence-corrected chi connectivity index (χ4v) is 1.40. The Labute approximate surface area is 115 Å². The average Bonchev–Trinajstić information content (AvgIpc) is 2.36. The molecule has 1 amide bonds. The summed E-state index contributed by atoms with van der Waals surface area (Å²) in [6.07, 6.45) is 2.32. The van der Waals surface area contributed by atoms with Gasteiger partial charge in [0.2, 0.25) is 5.91 Å². The number of rotatable bonds is 5. The highest BCUT2D eigenvalue weighted by molar-refractivity contribution is 5.92. The first kappa shape index (κ1) is 15.8. The van der Waals surface area contributed by atoms with Crippen LogP contribution in [0.5, 0.6) is 0 Å². The van der Waals surface area contributed by atoms with Gasteiger partial charge in [-0.2, -0.15) is 0 Å². The summed E-state index contributed by atoms with van der Waals surface area (Å²) in [5, 5.41) is 22.3. The van der Waals surface area contributed by atoms with Crippen LogP contribution in [0.1, 0.15) is 19.4 Å². The summed E-state index contributed by atoms with van der Waals surface area (Å²) in [4.78, 5) is 21.6. The van der Waals surface area contributed by atoms with Crippen molar-refractivity contribution in [1.29, 1.82) is 0 Å². The van der Waals surface area contributed by atoms with E-state index in [1.54, 1.807) is 13.8 Å². The molecule has 2 N–H and O–H groups in total. The molecule has 0 aliphatic rings. The second-order valence-electron chi connectivity index (χ2n) is 4.82. The summed E-state index contributed by atoms with van der Waals surface area (Å²) in [7, 11) is 0. The van der Waals surface area contributed by atoms with E-state index in [-0.39, 0.29) is 12.2 Å². The number of halogens is 1. The number of aliphatic hydroxyl groups excluding tert-OH is 1. The maximum absolute atomic E-state index is 12.9. The number of hydrogen-bond donors (Lipinski definition) is 2. The zero-order valence-electron chi connectivity index (χ0n) is 11.1. The van der Waals surface area contributed by atoms with Gasteiger partial charge in [0.25, 0.3) is 5.69 Å². The Morgan fingerprint density at radius 3 is 2.75 bits per heavy atom. The summed E-state index contributed by atoms with van der Waals surface area (Å²) in [5.41, 5.74) is -1.10. The molecular weight excluding hydrogens is 267 g/mol. The zero-order chi connectivity index (χ0) is 15.3. The van der Waals surface area contributed by atoms with E-state index in [1.165, 1.54) is 12.1 Å². The van der Waals surface area contributed by atoms with E-state index in [4.69, 9.17) is 5.11 Å². The fraction of sp³-hybridized carbons (Fsp3) is 0.308. The fourth-order valence-electron chi connectivity index (χ4n) is 1.40. The lowest BCUT2D eigenvalue weighted by atomic mass is 10.1. The van der Waals surface area contributed by atoms with Crippen LogP contribution in [-0.2, 0) is 4.79 Å². The van der Waals surface area contributed by atoms with E-state index in [9.17, 15) is 19.3 Å². The van der Waals surface area contributed by atoms with Crippen molar-refractivity contribution in [3.8, 4) is 0 Å². The highest BCUT2D eigenvalue weighted by atomic mass is 19.1. The van der Waals surface area contributed by atoms with Gasteiger partial charge in [0.15, 0.2) is 0 Å². The molecule has 0 saturated heterocycles. The molecule has 0 fully saturated rings. The maximum atomic E-state index is 12.9. The largest absolute Gasteiger partial charge is 0.394 e. The van der Waals surface area contributed by atoms with Crippen LogP contribution in [-0.4, -0.2) is 28.1 Å². The number of hydrogen-bond acceptors (Lipinski definition) is 4. The lowest BCUT2D eigenvalue weighted by Gasteiger charge is -2.22. The van der Waals surface area contributed by atoms with Gasteiger partial charge in [0.05, 0.1) is 28.7 Å². The van der Waals surface area contributed by atoms with Crippen LogP contribution in [0.2, 0.25) is 0 Å². The first-order chi connectivity index (χ1) is 9.25. The van der Waals surface area contributed by atoms with Gasteiger partial charge in [-0.15, -0.1) is 0 Å². The molecule has 20 heavy (non-hydrogen) atoms. The number of nitrogens with zero attached hydrogens (tertiary/aromatic N) is 1. The van der Waals surface area contributed by atoms with Crippen molar-refractivity contribution < 1.29 is 19.2 Å². The molecule has 0 heterocycles. The van der Waals surface area contributed by atoms with E-state index in [1.807, 2.05) is 0 Å². The molecule has 6 nitrogen and oxygen atoms in total.